The second kappa shape index (κ2) is 8.08. The number of hydrogen-bond donors (Lipinski definition) is 0. The third-order valence-electron chi connectivity index (χ3n) is 3.24. The molecule has 0 saturated carbocycles. The lowest BCUT2D eigenvalue weighted by Gasteiger charge is -2.04. The second-order valence-electron chi connectivity index (χ2n) is 4.90. The van der Waals surface area contributed by atoms with Crippen molar-refractivity contribution in [2.75, 3.05) is 14.2 Å². The van der Waals surface area contributed by atoms with Crippen molar-refractivity contribution in [3.05, 3.63) is 48.5 Å². The first kappa shape index (κ1) is 16.7. The highest BCUT2D eigenvalue weighted by atomic mass is 16.6. The summed E-state index contributed by atoms with van der Waals surface area (Å²) in [4.78, 5) is 23.5. The molecule has 2 rings (SSSR count). The topological polar surface area (TPSA) is 61.8 Å². The van der Waals surface area contributed by atoms with Crippen LogP contribution in [0, 0.1) is 0 Å². The first-order chi connectivity index (χ1) is 11.1. The number of hydrogen-bond acceptors (Lipinski definition) is 5. The minimum atomic E-state index is -0.575. The van der Waals surface area contributed by atoms with Gasteiger partial charge in [0, 0.05) is 0 Å². The van der Waals surface area contributed by atoms with Gasteiger partial charge in [0.2, 0.25) is 0 Å². The van der Waals surface area contributed by atoms with Gasteiger partial charge in [0.05, 0.1) is 14.2 Å². The number of rotatable bonds is 6. The Balaban J connectivity index is 1.84. The fraction of sp³-hybridized carbons (Fsp3) is 0.125. The fourth-order valence-corrected chi connectivity index (χ4v) is 2.02. The Labute approximate surface area is 136 Å². The largest absolute Gasteiger partial charge is 0.497 e. The summed E-state index contributed by atoms with van der Waals surface area (Å²) >= 11 is 0. The van der Waals surface area contributed by atoms with Crippen molar-refractivity contribution in [3.8, 4) is 11.5 Å². The van der Waals surface area contributed by atoms with E-state index in [0.29, 0.717) is 11.5 Å². The molecule has 0 fully saturated rings. The number of methoxy groups -OCH3 is 2. The standard InChI is InChI=1S/C16H16B2O5/c1-21-13-7-3-11(4-8-13)17-15(19)23-16(20)18-12-5-9-14(22-2)10-6-12/h3-10,17-18H,1-2H3. The Morgan fingerprint density at radius 1 is 0.696 bits per heavy atom. The molecule has 0 amide bonds. The monoisotopic (exact) mass is 310 g/mol. The average Bonchev–Trinajstić information content (AvgIpc) is 2.56. The lowest BCUT2D eigenvalue weighted by Crippen LogP contribution is -2.31. The Hall–Kier alpha value is -2.69. The molecule has 0 atom stereocenters. The molecule has 0 spiro atoms. The van der Waals surface area contributed by atoms with Crippen LogP contribution in [0.4, 0.5) is 9.59 Å². The van der Waals surface area contributed by atoms with Crippen LogP contribution < -0.4 is 20.4 Å². The van der Waals surface area contributed by atoms with Gasteiger partial charge >= 0.3 is 0 Å². The van der Waals surface area contributed by atoms with Crippen LogP contribution in [0.3, 0.4) is 0 Å². The molecule has 7 heteroatoms. The van der Waals surface area contributed by atoms with Gasteiger partial charge in [-0.15, -0.1) is 0 Å². The lowest BCUT2D eigenvalue weighted by molar-refractivity contribution is 0.184. The summed E-state index contributed by atoms with van der Waals surface area (Å²) in [6.07, 6.45) is 0. The van der Waals surface area contributed by atoms with Crippen LogP contribution in [0.15, 0.2) is 48.5 Å². The molecule has 0 aliphatic heterocycles. The van der Waals surface area contributed by atoms with E-state index in [-0.39, 0.29) is 14.6 Å². The Morgan fingerprint density at radius 2 is 1.04 bits per heavy atom. The lowest BCUT2D eigenvalue weighted by atomic mass is 9.68. The van der Waals surface area contributed by atoms with Crippen molar-refractivity contribution in [2.45, 2.75) is 0 Å². The molecule has 2 aromatic carbocycles. The van der Waals surface area contributed by atoms with Gasteiger partial charge < -0.3 is 14.2 Å². The van der Waals surface area contributed by atoms with Crippen LogP contribution in [0.25, 0.3) is 0 Å². The molecule has 0 radical (unpaired) electrons. The summed E-state index contributed by atoms with van der Waals surface area (Å²) < 4.78 is 14.9. The predicted molar refractivity (Wildman–Crippen MR) is 91.4 cm³/mol. The van der Waals surface area contributed by atoms with Gasteiger partial charge in [0.15, 0.2) is 0 Å². The minimum Gasteiger partial charge on any atom is -0.497 e. The molecule has 0 aliphatic rings. The molecule has 23 heavy (non-hydrogen) atoms. The van der Waals surface area contributed by atoms with Crippen LogP contribution in [-0.4, -0.2) is 40.5 Å². The van der Waals surface area contributed by atoms with E-state index in [1.807, 2.05) is 0 Å². The van der Waals surface area contributed by atoms with E-state index >= 15 is 0 Å². The molecule has 5 nitrogen and oxygen atoms in total. The molecular weight excluding hydrogens is 294 g/mol. The Morgan fingerprint density at radius 3 is 1.35 bits per heavy atom. The van der Waals surface area contributed by atoms with Crippen LogP contribution in [0.1, 0.15) is 0 Å². The maximum Gasteiger partial charge on any atom is 0.294 e. The van der Waals surface area contributed by atoms with Crippen LogP contribution in [-0.2, 0) is 4.74 Å². The number of ether oxygens (including phenoxy) is 3. The van der Waals surface area contributed by atoms with Crippen molar-refractivity contribution < 1.29 is 23.8 Å². The zero-order valence-electron chi connectivity index (χ0n) is 13.1. The van der Waals surface area contributed by atoms with Gasteiger partial charge in [-0.1, -0.05) is 35.2 Å². The van der Waals surface area contributed by atoms with E-state index in [9.17, 15) is 9.59 Å². The van der Waals surface area contributed by atoms with Gasteiger partial charge in [0.25, 0.3) is 26.3 Å². The minimum absolute atomic E-state index is 0.0400. The van der Waals surface area contributed by atoms with E-state index < -0.39 is 11.7 Å². The van der Waals surface area contributed by atoms with Gasteiger partial charge in [-0.25, -0.2) is 0 Å². The van der Waals surface area contributed by atoms with E-state index in [2.05, 4.69) is 0 Å². The maximum atomic E-state index is 11.8. The molecule has 0 unspecified atom stereocenters. The number of benzene rings is 2. The number of carbonyl (C=O) groups excluding carboxylic acids is 2. The fourth-order valence-electron chi connectivity index (χ4n) is 2.02. The van der Waals surface area contributed by atoms with E-state index in [4.69, 9.17) is 14.2 Å². The van der Waals surface area contributed by atoms with Crippen molar-refractivity contribution in [1.82, 2.24) is 0 Å². The Kier molecular flexibility index (Phi) is 5.86. The predicted octanol–water partition coefficient (Wildman–Crippen LogP) is 0.784. The molecule has 0 N–H and O–H groups in total. The quantitative estimate of drug-likeness (QED) is 0.583. The first-order valence-corrected chi connectivity index (χ1v) is 7.10. The second-order valence-corrected chi connectivity index (χ2v) is 4.90. The van der Waals surface area contributed by atoms with E-state index in [1.165, 1.54) is 0 Å². The van der Waals surface area contributed by atoms with Crippen molar-refractivity contribution in [2.24, 2.45) is 0 Å². The highest BCUT2D eigenvalue weighted by molar-refractivity contribution is 6.87. The van der Waals surface area contributed by atoms with Crippen molar-refractivity contribution in [1.29, 1.82) is 0 Å². The summed E-state index contributed by atoms with van der Waals surface area (Å²) in [6.45, 7) is 0. The summed E-state index contributed by atoms with van der Waals surface area (Å²) in [5.41, 5.74) is 1.51. The normalized spacial score (nSPS) is 9.65. The molecule has 2 aromatic rings. The van der Waals surface area contributed by atoms with Crippen molar-refractivity contribution in [3.63, 3.8) is 0 Å². The third kappa shape index (κ3) is 5.21. The van der Waals surface area contributed by atoms with Gasteiger partial charge in [-0.3, -0.25) is 9.59 Å². The van der Waals surface area contributed by atoms with E-state index in [1.54, 1.807) is 62.8 Å². The molecule has 0 saturated heterocycles. The van der Waals surface area contributed by atoms with E-state index in [0.717, 1.165) is 10.9 Å². The zero-order valence-corrected chi connectivity index (χ0v) is 13.1. The van der Waals surface area contributed by atoms with Crippen LogP contribution >= 0.6 is 0 Å². The summed E-state index contributed by atoms with van der Waals surface area (Å²) in [6, 6.07) is 14.0. The smallest absolute Gasteiger partial charge is 0.294 e. The summed E-state index contributed by atoms with van der Waals surface area (Å²) in [7, 11) is 3.22. The van der Waals surface area contributed by atoms with Gasteiger partial charge in [0.1, 0.15) is 11.5 Å². The molecule has 0 heterocycles. The maximum absolute atomic E-state index is 11.8. The highest BCUT2D eigenvalue weighted by Gasteiger charge is 2.15. The molecule has 116 valence electrons. The molecule has 0 aliphatic carbocycles. The molecule has 0 aromatic heterocycles. The summed E-state index contributed by atoms with van der Waals surface area (Å²) in [5, 5.41) is 0. The average molecular weight is 310 g/mol. The van der Waals surface area contributed by atoms with Gasteiger partial charge in [-0.2, -0.15) is 0 Å². The van der Waals surface area contributed by atoms with Gasteiger partial charge in [-0.05, 0) is 24.3 Å². The Bertz CT molecular complexity index is 608. The molecular formula is C16H16B2O5. The summed E-state index contributed by atoms with van der Waals surface area (Å²) in [5.74, 6) is 0.262. The first-order valence-electron chi connectivity index (χ1n) is 7.10. The number of carbonyl (C=O) groups is 2. The zero-order chi connectivity index (χ0) is 16.7. The third-order valence-corrected chi connectivity index (χ3v) is 3.24. The highest BCUT2D eigenvalue weighted by Crippen LogP contribution is 2.06. The van der Waals surface area contributed by atoms with Crippen LogP contribution in [0.5, 0.6) is 11.5 Å². The van der Waals surface area contributed by atoms with Crippen molar-refractivity contribution >= 4 is 37.2 Å². The van der Waals surface area contributed by atoms with Crippen LogP contribution in [0.2, 0.25) is 0 Å². The SMILES string of the molecule is COc1ccc(BC(=O)OC(=O)Bc2ccc(OC)cc2)cc1. The molecule has 0 bridgehead atoms.